The van der Waals surface area contributed by atoms with E-state index in [0.717, 1.165) is 35.3 Å². The molecule has 5 rings (SSSR count). The Hall–Kier alpha value is -4.39. The van der Waals surface area contributed by atoms with Gasteiger partial charge >= 0.3 is 191 Å². The average Bonchev–Trinajstić information content (AvgIpc) is 3.18. The summed E-state index contributed by atoms with van der Waals surface area (Å²) in [6.07, 6.45) is 19.1. The molecule has 0 fully saturated rings. The molecular formula is C48H57O2P. The van der Waals surface area contributed by atoms with Crippen LogP contribution in [0.15, 0.2) is 153 Å². The van der Waals surface area contributed by atoms with Crippen molar-refractivity contribution in [1.82, 2.24) is 0 Å². The maximum atomic E-state index is 10.3. The minimum Gasteiger partial charge on any atom is -0.508 e. The van der Waals surface area contributed by atoms with Crippen molar-refractivity contribution in [3.63, 3.8) is 0 Å². The minimum atomic E-state index is -2.10. The summed E-state index contributed by atoms with van der Waals surface area (Å²) < 4.78 is 6.34. The summed E-state index contributed by atoms with van der Waals surface area (Å²) in [6.45, 7) is 8.46. The van der Waals surface area contributed by atoms with Gasteiger partial charge in [-0.25, -0.2) is 0 Å². The summed E-state index contributed by atoms with van der Waals surface area (Å²) in [6, 6.07) is 46.1. The van der Waals surface area contributed by atoms with Crippen LogP contribution in [0.1, 0.15) is 75.3 Å². The largest absolute Gasteiger partial charge is 0.508 e. The van der Waals surface area contributed by atoms with E-state index in [4.69, 9.17) is 4.74 Å². The van der Waals surface area contributed by atoms with E-state index in [9.17, 15) is 5.11 Å². The Labute approximate surface area is 308 Å². The van der Waals surface area contributed by atoms with Crippen LogP contribution in [0.2, 0.25) is 0 Å². The van der Waals surface area contributed by atoms with Gasteiger partial charge in [-0.2, -0.15) is 0 Å². The molecule has 0 amide bonds. The van der Waals surface area contributed by atoms with Crippen LogP contribution in [0.3, 0.4) is 0 Å². The number of hydrogen-bond acceptors (Lipinski definition) is 2. The van der Waals surface area contributed by atoms with Crippen LogP contribution in [0, 0.1) is 0 Å². The summed E-state index contributed by atoms with van der Waals surface area (Å²) in [7, 11) is -2.10. The quantitative estimate of drug-likeness (QED) is 0.0443. The van der Waals surface area contributed by atoms with Crippen LogP contribution in [0.4, 0.5) is 0 Å². The monoisotopic (exact) mass is 696 g/mol. The fourth-order valence-corrected chi connectivity index (χ4v) is 12.4. The van der Waals surface area contributed by atoms with Gasteiger partial charge in [-0.1, -0.05) is 24.3 Å². The number of hydrogen-bond donors (Lipinski definition) is 1. The molecule has 0 bridgehead atoms. The second-order valence-electron chi connectivity index (χ2n) is 13.8. The van der Waals surface area contributed by atoms with Crippen molar-refractivity contribution >= 4 is 23.2 Å². The van der Waals surface area contributed by atoms with Crippen molar-refractivity contribution in [3.05, 3.63) is 164 Å². The van der Waals surface area contributed by atoms with Gasteiger partial charge in [-0.15, -0.1) is 13.2 Å². The Bertz CT molecular complexity index is 1670. The second kappa shape index (κ2) is 20.5. The number of allylic oxidation sites excluding steroid dienone is 2. The predicted molar refractivity (Wildman–Crippen MR) is 224 cm³/mol. The Morgan fingerprint density at radius 2 is 1.04 bits per heavy atom. The Kier molecular flexibility index (Phi) is 15.2. The smallest absolute Gasteiger partial charge is 0.119 e. The fourth-order valence-electron chi connectivity index (χ4n) is 7.48. The minimum absolute atomic E-state index is 0.303. The number of phenols is 1. The SMILES string of the molecule is C=CCc1ccc(OCCCCCCCCCCCC[PH](c2ccccc2)(c2ccccc2)c2ccccc2)c(-c2ccc(O)c(CC=C)c2)c1. The van der Waals surface area contributed by atoms with E-state index in [1.54, 1.807) is 6.07 Å². The normalized spacial score (nSPS) is 11.6. The molecule has 0 saturated heterocycles. The number of unbranched alkanes of at least 4 members (excludes halogenated alkanes) is 9. The molecule has 0 unspecified atom stereocenters. The molecule has 51 heavy (non-hydrogen) atoms. The third-order valence-corrected chi connectivity index (χ3v) is 15.2. The molecule has 1 N–H and O–H groups in total. The summed E-state index contributed by atoms with van der Waals surface area (Å²) in [5, 5.41) is 14.8. The summed E-state index contributed by atoms with van der Waals surface area (Å²) in [5.41, 5.74) is 4.19. The zero-order valence-corrected chi connectivity index (χ0v) is 31.4. The first kappa shape index (κ1) is 37.9. The molecule has 2 nitrogen and oxygen atoms in total. The van der Waals surface area contributed by atoms with Gasteiger partial charge in [0.2, 0.25) is 0 Å². The standard InChI is InChI=1S/C48H57O2P/c1-3-24-40-32-35-48(46(38-40)41-33-34-47(49)42(39-41)25-4-2)50-36-22-11-9-7-5-6-8-10-12-23-37-51(43-26-16-13-17-27-43,44-28-18-14-19-29-44)45-30-20-15-21-31-45/h3-4,13-21,26-35,38-39,49,51H,1-2,5-12,22-25,36-37H2. The van der Waals surface area contributed by atoms with Crippen LogP contribution in [-0.2, 0) is 12.8 Å². The molecule has 3 heteroatoms. The van der Waals surface area contributed by atoms with Crippen LogP contribution in [0.25, 0.3) is 11.1 Å². The first-order chi connectivity index (χ1) is 25.2. The molecule has 0 heterocycles. The van der Waals surface area contributed by atoms with Gasteiger partial charge in [-0.05, 0) is 53.8 Å². The first-order valence-electron chi connectivity index (χ1n) is 19.1. The molecule has 0 radical (unpaired) electrons. The Morgan fingerprint density at radius 1 is 0.529 bits per heavy atom. The third-order valence-electron chi connectivity index (χ3n) is 10.2. The van der Waals surface area contributed by atoms with Crippen molar-refractivity contribution in [1.29, 1.82) is 0 Å². The van der Waals surface area contributed by atoms with Gasteiger partial charge in [0.05, 0.1) is 0 Å². The number of ether oxygens (including phenoxy) is 1. The summed E-state index contributed by atoms with van der Waals surface area (Å²) >= 11 is 0. The van der Waals surface area contributed by atoms with Crippen molar-refractivity contribution in [2.24, 2.45) is 0 Å². The zero-order chi connectivity index (χ0) is 35.6. The first-order valence-corrected chi connectivity index (χ1v) is 21.3. The van der Waals surface area contributed by atoms with E-state index >= 15 is 0 Å². The zero-order valence-electron chi connectivity index (χ0n) is 30.4. The summed E-state index contributed by atoms with van der Waals surface area (Å²) in [4.78, 5) is 0. The van der Waals surface area contributed by atoms with Crippen LogP contribution < -0.4 is 20.7 Å². The molecular weight excluding hydrogens is 640 g/mol. The van der Waals surface area contributed by atoms with Crippen molar-refractivity contribution in [2.45, 2.75) is 77.0 Å². The van der Waals surface area contributed by atoms with Crippen molar-refractivity contribution in [2.75, 3.05) is 12.8 Å². The molecule has 5 aromatic carbocycles. The fraction of sp³-hybridized carbons (Fsp3) is 0.292. The van der Waals surface area contributed by atoms with Crippen LogP contribution in [0.5, 0.6) is 11.5 Å². The Balaban J connectivity index is 1.03. The van der Waals surface area contributed by atoms with Crippen LogP contribution >= 0.6 is 7.26 Å². The molecule has 5 aromatic rings. The Morgan fingerprint density at radius 3 is 1.57 bits per heavy atom. The van der Waals surface area contributed by atoms with Crippen LogP contribution in [-0.4, -0.2) is 17.9 Å². The number of rotatable bonds is 22. The van der Waals surface area contributed by atoms with E-state index in [1.165, 1.54) is 85.4 Å². The van der Waals surface area contributed by atoms with Gasteiger partial charge in [0, 0.05) is 5.56 Å². The molecule has 266 valence electrons. The van der Waals surface area contributed by atoms with E-state index in [1.807, 2.05) is 24.3 Å². The maximum absolute atomic E-state index is 10.3. The maximum Gasteiger partial charge on any atom is 0.119 e. The van der Waals surface area contributed by atoms with Gasteiger partial charge in [0.1, 0.15) is 11.5 Å². The molecule has 0 aliphatic rings. The predicted octanol–water partition coefficient (Wildman–Crippen LogP) is 11.5. The van der Waals surface area contributed by atoms with Gasteiger partial charge in [-0.3, -0.25) is 0 Å². The van der Waals surface area contributed by atoms with Gasteiger partial charge in [0.15, 0.2) is 0 Å². The average molecular weight is 697 g/mol. The van der Waals surface area contributed by atoms with Crippen molar-refractivity contribution < 1.29 is 9.84 Å². The van der Waals surface area contributed by atoms with E-state index in [-0.39, 0.29) is 0 Å². The number of aromatic hydroxyl groups is 1. The van der Waals surface area contributed by atoms with Gasteiger partial charge < -0.3 is 9.84 Å². The van der Waals surface area contributed by atoms with E-state index in [2.05, 4.69) is 122 Å². The van der Waals surface area contributed by atoms with E-state index in [0.29, 0.717) is 18.8 Å². The molecule has 0 spiro atoms. The molecule has 0 aliphatic carbocycles. The second-order valence-corrected chi connectivity index (χ2v) is 17.8. The summed E-state index contributed by atoms with van der Waals surface area (Å²) in [5.74, 6) is 1.20. The van der Waals surface area contributed by atoms with Crippen molar-refractivity contribution in [3.8, 4) is 22.6 Å². The third kappa shape index (κ3) is 10.6. The molecule has 0 aliphatic heterocycles. The molecule has 0 atom stereocenters. The number of phenolic OH excluding ortho intramolecular Hbond substituents is 1. The topological polar surface area (TPSA) is 29.5 Å². The van der Waals surface area contributed by atoms with Gasteiger partial charge in [0.25, 0.3) is 0 Å². The molecule has 0 saturated carbocycles. The molecule has 0 aromatic heterocycles. The van der Waals surface area contributed by atoms with E-state index < -0.39 is 7.26 Å². The number of benzene rings is 5.